The molecule has 0 spiro atoms. The van der Waals surface area contributed by atoms with Gasteiger partial charge in [-0.2, -0.15) is 13.2 Å². The Bertz CT molecular complexity index is 250. The highest BCUT2D eigenvalue weighted by atomic mass is 19.4. The van der Waals surface area contributed by atoms with Crippen LogP contribution < -0.4 is 5.32 Å². The summed E-state index contributed by atoms with van der Waals surface area (Å²) in [4.78, 5) is 21.4. The maximum atomic E-state index is 11.8. The van der Waals surface area contributed by atoms with Crippen molar-refractivity contribution in [3.05, 3.63) is 0 Å². The number of halogens is 3. The molecule has 4 nitrogen and oxygen atoms in total. The molecule has 0 fully saturated rings. The maximum absolute atomic E-state index is 11.8. The van der Waals surface area contributed by atoms with Gasteiger partial charge in [0.25, 0.3) is 0 Å². The average molecular weight is 227 g/mol. The van der Waals surface area contributed by atoms with Crippen LogP contribution in [0.4, 0.5) is 13.2 Å². The molecular weight excluding hydrogens is 215 g/mol. The van der Waals surface area contributed by atoms with Gasteiger partial charge in [-0.15, -0.1) is 0 Å². The van der Waals surface area contributed by atoms with E-state index in [-0.39, 0.29) is 0 Å². The van der Waals surface area contributed by atoms with Crippen molar-refractivity contribution in [3.8, 4) is 0 Å². The minimum atomic E-state index is -4.99. The molecule has 0 heterocycles. The van der Waals surface area contributed by atoms with Crippen LogP contribution in [0.1, 0.15) is 20.8 Å². The van der Waals surface area contributed by atoms with E-state index in [9.17, 15) is 22.8 Å². The Morgan fingerprint density at radius 2 is 1.67 bits per heavy atom. The zero-order valence-electron chi connectivity index (χ0n) is 8.51. The van der Waals surface area contributed by atoms with E-state index in [4.69, 9.17) is 0 Å². The first-order chi connectivity index (χ1) is 6.64. The Morgan fingerprint density at radius 3 is 2.00 bits per heavy atom. The van der Waals surface area contributed by atoms with E-state index in [1.807, 2.05) is 0 Å². The molecular formula is C8H12F3NO3. The molecule has 0 bridgehead atoms. The van der Waals surface area contributed by atoms with Gasteiger partial charge in [-0.05, 0) is 20.8 Å². The molecule has 0 radical (unpaired) electrons. The molecule has 0 aromatic rings. The van der Waals surface area contributed by atoms with Crippen molar-refractivity contribution < 1.29 is 27.5 Å². The number of rotatable bonds is 3. The lowest BCUT2D eigenvalue weighted by atomic mass is 10.3. The first kappa shape index (κ1) is 13.7. The number of esters is 1. The third kappa shape index (κ3) is 5.24. The van der Waals surface area contributed by atoms with Crippen LogP contribution in [0.5, 0.6) is 0 Å². The van der Waals surface area contributed by atoms with Gasteiger partial charge in [0.15, 0.2) is 0 Å². The number of hydrogen-bond donors (Lipinski definition) is 1. The monoisotopic (exact) mass is 227 g/mol. The molecule has 1 amide bonds. The number of nitrogens with one attached hydrogen (secondary N) is 1. The van der Waals surface area contributed by atoms with Gasteiger partial charge in [0.1, 0.15) is 6.04 Å². The minimum Gasteiger partial charge on any atom is -0.461 e. The van der Waals surface area contributed by atoms with Crippen LogP contribution in [0.3, 0.4) is 0 Å². The normalized spacial score (nSPS) is 13.5. The predicted octanol–water partition coefficient (Wildman–Crippen LogP) is 1.00. The van der Waals surface area contributed by atoms with Gasteiger partial charge >= 0.3 is 18.1 Å². The smallest absolute Gasteiger partial charge is 0.461 e. The number of carbonyl (C=O) groups excluding carboxylic acids is 2. The van der Waals surface area contributed by atoms with Crippen molar-refractivity contribution in [2.45, 2.75) is 39.1 Å². The first-order valence-corrected chi connectivity index (χ1v) is 4.22. The Kier molecular flexibility index (Phi) is 4.57. The molecule has 0 aromatic carbocycles. The van der Waals surface area contributed by atoms with Gasteiger partial charge in [-0.25, -0.2) is 4.79 Å². The number of ether oxygens (including phenoxy) is 1. The molecule has 1 N–H and O–H groups in total. The van der Waals surface area contributed by atoms with Crippen LogP contribution >= 0.6 is 0 Å². The predicted molar refractivity (Wildman–Crippen MR) is 44.9 cm³/mol. The summed E-state index contributed by atoms with van der Waals surface area (Å²) in [6.45, 7) is 4.22. The lowest BCUT2D eigenvalue weighted by Gasteiger charge is -2.15. The summed E-state index contributed by atoms with van der Waals surface area (Å²) in [6.07, 6.45) is -5.44. The van der Waals surface area contributed by atoms with Crippen LogP contribution in [0, 0.1) is 0 Å². The molecule has 0 unspecified atom stereocenters. The summed E-state index contributed by atoms with van der Waals surface area (Å²) >= 11 is 0. The van der Waals surface area contributed by atoms with Gasteiger partial charge in [0, 0.05) is 0 Å². The average Bonchev–Trinajstić information content (AvgIpc) is 2.00. The molecule has 7 heteroatoms. The fourth-order valence-electron chi connectivity index (χ4n) is 0.672. The molecule has 15 heavy (non-hydrogen) atoms. The van der Waals surface area contributed by atoms with Crippen molar-refractivity contribution in [2.24, 2.45) is 0 Å². The Morgan fingerprint density at radius 1 is 1.20 bits per heavy atom. The summed E-state index contributed by atoms with van der Waals surface area (Å²) in [5.74, 6) is -3.06. The Hall–Kier alpha value is -1.27. The van der Waals surface area contributed by atoms with Gasteiger partial charge in [-0.1, -0.05) is 0 Å². The number of alkyl halides is 3. The Labute approximate surface area is 84.8 Å². The van der Waals surface area contributed by atoms with E-state index in [0.717, 1.165) is 6.92 Å². The number of hydrogen-bond acceptors (Lipinski definition) is 3. The highest BCUT2D eigenvalue weighted by Gasteiger charge is 2.40. The lowest BCUT2D eigenvalue weighted by Crippen LogP contribution is -2.46. The van der Waals surface area contributed by atoms with Crippen LogP contribution in [-0.2, 0) is 14.3 Å². The highest BCUT2D eigenvalue weighted by Crippen LogP contribution is 2.14. The summed E-state index contributed by atoms with van der Waals surface area (Å²) in [5, 5.41) is 1.49. The second-order valence-electron chi connectivity index (χ2n) is 3.18. The minimum absolute atomic E-state index is 0.442. The van der Waals surface area contributed by atoms with Crippen LogP contribution in [0.25, 0.3) is 0 Å². The topological polar surface area (TPSA) is 55.4 Å². The van der Waals surface area contributed by atoms with Crippen molar-refractivity contribution in [3.63, 3.8) is 0 Å². The summed E-state index contributed by atoms with van der Waals surface area (Å²) in [7, 11) is 0. The van der Waals surface area contributed by atoms with E-state index in [0.29, 0.717) is 0 Å². The van der Waals surface area contributed by atoms with E-state index >= 15 is 0 Å². The molecule has 0 saturated heterocycles. The van der Waals surface area contributed by atoms with Crippen molar-refractivity contribution in [2.75, 3.05) is 0 Å². The quantitative estimate of drug-likeness (QED) is 0.732. The second kappa shape index (κ2) is 4.99. The molecule has 88 valence electrons. The highest BCUT2D eigenvalue weighted by molar-refractivity contribution is 5.87. The lowest BCUT2D eigenvalue weighted by molar-refractivity contribution is -0.176. The van der Waals surface area contributed by atoms with Crippen molar-refractivity contribution >= 4 is 11.9 Å². The Balaban J connectivity index is 4.20. The first-order valence-electron chi connectivity index (χ1n) is 4.22. The standard InChI is InChI=1S/C8H12F3NO3/c1-4(2)15-6(13)5(3)12-7(14)8(9,10)11/h4-5H,1-3H3,(H,12,14)/t5-/m1/s1. The SMILES string of the molecule is CC(C)OC(=O)[C@@H](C)NC(=O)C(F)(F)F. The third-order valence-corrected chi connectivity index (χ3v) is 1.31. The van der Waals surface area contributed by atoms with Crippen molar-refractivity contribution in [1.29, 1.82) is 0 Å². The van der Waals surface area contributed by atoms with E-state index < -0.39 is 30.2 Å². The second-order valence-corrected chi connectivity index (χ2v) is 3.18. The molecule has 0 saturated carbocycles. The fourth-order valence-corrected chi connectivity index (χ4v) is 0.672. The zero-order chi connectivity index (χ0) is 12.2. The van der Waals surface area contributed by atoms with Crippen LogP contribution in [-0.4, -0.2) is 30.2 Å². The van der Waals surface area contributed by atoms with E-state index in [1.54, 1.807) is 13.8 Å². The summed E-state index contributed by atoms with van der Waals surface area (Å²) < 4.78 is 39.9. The molecule has 1 atom stereocenters. The van der Waals surface area contributed by atoms with Gasteiger partial charge in [-0.3, -0.25) is 4.79 Å². The molecule has 0 rings (SSSR count). The number of amides is 1. The molecule has 0 aliphatic heterocycles. The van der Waals surface area contributed by atoms with Gasteiger partial charge in [0.05, 0.1) is 6.10 Å². The van der Waals surface area contributed by atoms with Crippen LogP contribution in [0.2, 0.25) is 0 Å². The number of carbonyl (C=O) groups is 2. The van der Waals surface area contributed by atoms with Gasteiger partial charge in [0.2, 0.25) is 0 Å². The molecule has 0 aliphatic rings. The van der Waals surface area contributed by atoms with Crippen molar-refractivity contribution in [1.82, 2.24) is 5.32 Å². The largest absolute Gasteiger partial charge is 0.471 e. The fraction of sp³-hybridized carbons (Fsp3) is 0.750. The summed E-state index contributed by atoms with van der Waals surface area (Å²) in [6, 6.07) is -1.32. The third-order valence-electron chi connectivity index (χ3n) is 1.31. The molecule has 0 aromatic heterocycles. The van der Waals surface area contributed by atoms with E-state index in [2.05, 4.69) is 4.74 Å². The van der Waals surface area contributed by atoms with E-state index in [1.165, 1.54) is 5.32 Å². The maximum Gasteiger partial charge on any atom is 0.471 e. The van der Waals surface area contributed by atoms with Gasteiger partial charge < -0.3 is 10.1 Å². The molecule has 0 aliphatic carbocycles. The van der Waals surface area contributed by atoms with Crippen LogP contribution in [0.15, 0.2) is 0 Å². The zero-order valence-corrected chi connectivity index (χ0v) is 8.51. The summed E-state index contributed by atoms with van der Waals surface area (Å²) in [5.41, 5.74) is 0.